The Labute approximate surface area is 234 Å². The normalized spacial score (nSPS) is 18.3. The average molecular weight is 568 g/mol. The maximum atomic E-state index is 16.3. The molecule has 13 heteroatoms. The molecule has 1 saturated heterocycles. The first-order valence-electron chi connectivity index (χ1n) is 13.0. The van der Waals surface area contributed by atoms with Gasteiger partial charge in [0.05, 0.1) is 24.9 Å². The van der Waals surface area contributed by atoms with Gasteiger partial charge in [-0.25, -0.2) is 23.9 Å². The van der Waals surface area contributed by atoms with Crippen LogP contribution in [0.3, 0.4) is 0 Å². The van der Waals surface area contributed by atoms with Crippen molar-refractivity contribution >= 4 is 46.1 Å². The fraction of sp³-hybridized carbons (Fsp3) is 0.393. The number of carbonyl (C=O) groups is 3. The minimum Gasteiger partial charge on any atom is -0.466 e. The molecule has 1 aromatic carbocycles. The van der Waals surface area contributed by atoms with E-state index in [2.05, 4.69) is 20.6 Å². The molecule has 2 aromatic heterocycles. The van der Waals surface area contributed by atoms with E-state index in [0.29, 0.717) is 28.8 Å². The van der Waals surface area contributed by atoms with Crippen LogP contribution in [0.4, 0.5) is 31.2 Å². The van der Waals surface area contributed by atoms with E-state index in [9.17, 15) is 19.5 Å². The van der Waals surface area contributed by atoms with Crippen molar-refractivity contribution in [2.45, 2.75) is 46.3 Å². The van der Waals surface area contributed by atoms with E-state index in [1.807, 2.05) is 6.92 Å². The van der Waals surface area contributed by atoms with Crippen molar-refractivity contribution in [3.8, 4) is 17.0 Å². The number of ether oxygens (including phenoxy) is 3. The summed E-state index contributed by atoms with van der Waals surface area (Å²) >= 11 is 0. The Morgan fingerprint density at radius 2 is 1.95 bits per heavy atom. The SMILES string of the molecule is Cc1c(-c2cc3cc(N(C(=O)O)[C@H]4COC[C@H]4C)ncc3c(NC(=O)OC(C)(C)C)c2F)cnc2c1NC(=O)CO2. The average Bonchev–Trinajstić information content (AvgIpc) is 3.30. The fourth-order valence-electron chi connectivity index (χ4n) is 4.92. The molecule has 41 heavy (non-hydrogen) atoms. The number of benzene rings is 1. The quantitative estimate of drug-likeness (QED) is 0.398. The van der Waals surface area contributed by atoms with E-state index in [4.69, 9.17) is 14.2 Å². The first-order chi connectivity index (χ1) is 19.3. The van der Waals surface area contributed by atoms with E-state index in [0.717, 1.165) is 4.90 Å². The number of hydrogen-bond acceptors (Lipinski definition) is 8. The third kappa shape index (κ3) is 5.44. The minimum absolute atomic E-state index is 0.0489. The van der Waals surface area contributed by atoms with Crippen LogP contribution in [0, 0.1) is 18.7 Å². The largest absolute Gasteiger partial charge is 0.466 e. The van der Waals surface area contributed by atoms with E-state index in [-0.39, 0.29) is 53.4 Å². The van der Waals surface area contributed by atoms with Gasteiger partial charge in [-0.05, 0) is 50.8 Å². The summed E-state index contributed by atoms with van der Waals surface area (Å²) in [5.74, 6) is -0.915. The lowest BCUT2D eigenvalue weighted by Crippen LogP contribution is -2.43. The number of carbonyl (C=O) groups excluding carboxylic acids is 2. The van der Waals surface area contributed by atoms with E-state index < -0.39 is 29.6 Å². The van der Waals surface area contributed by atoms with Gasteiger partial charge >= 0.3 is 12.2 Å². The number of aromatic nitrogens is 2. The number of halogens is 1. The van der Waals surface area contributed by atoms with Gasteiger partial charge in [0.1, 0.15) is 17.1 Å². The molecule has 4 heterocycles. The lowest BCUT2D eigenvalue weighted by atomic mass is 9.96. The molecule has 12 nitrogen and oxygen atoms in total. The molecule has 0 unspecified atom stereocenters. The predicted molar refractivity (Wildman–Crippen MR) is 148 cm³/mol. The van der Waals surface area contributed by atoms with Crippen molar-refractivity contribution in [3.05, 3.63) is 35.9 Å². The fourth-order valence-corrected chi connectivity index (χ4v) is 4.92. The van der Waals surface area contributed by atoms with Crippen LogP contribution < -0.4 is 20.3 Å². The summed E-state index contributed by atoms with van der Waals surface area (Å²) in [6, 6.07) is 2.57. The van der Waals surface area contributed by atoms with Gasteiger partial charge in [0, 0.05) is 34.8 Å². The molecule has 0 aliphatic carbocycles. The summed E-state index contributed by atoms with van der Waals surface area (Å²) in [6.45, 7) is 9.04. The number of hydrogen-bond donors (Lipinski definition) is 3. The predicted octanol–water partition coefficient (Wildman–Crippen LogP) is 4.94. The highest BCUT2D eigenvalue weighted by Gasteiger charge is 2.35. The van der Waals surface area contributed by atoms with Crippen molar-refractivity contribution in [1.82, 2.24) is 9.97 Å². The van der Waals surface area contributed by atoms with Gasteiger partial charge in [0.2, 0.25) is 5.88 Å². The summed E-state index contributed by atoms with van der Waals surface area (Å²) in [7, 11) is 0. The molecule has 0 spiro atoms. The maximum Gasteiger partial charge on any atom is 0.413 e. The molecular formula is C28H30FN5O7. The van der Waals surface area contributed by atoms with E-state index >= 15 is 4.39 Å². The van der Waals surface area contributed by atoms with Crippen molar-refractivity contribution in [2.24, 2.45) is 5.92 Å². The third-order valence-corrected chi connectivity index (χ3v) is 6.88. The van der Waals surface area contributed by atoms with Gasteiger partial charge in [-0.1, -0.05) is 6.92 Å². The zero-order valence-electron chi connectivity index (χ0n) is 23.2. The molecule has 2 atom stereocenters. The second-order valence-electron chi connectivity index (χ2n) is 11.1. The Morgan fingerprint density at radius 1 is 1.20 bits per heavy atom. The number of fused-ring (bicyclic) bond motifs is 2. The van der Waals surface area contributed by atoms with Crippen LogP contribution in [-0.2, 0) is 14.3 Å². The molecule has 3 amide bonds. The molecule has 0 radical (unpaired) electrons. The van der Waals surface area contributed by atoms with E-state index in [1.165, 1.54) is 24.5 Å². The number of nitrogens with zero attached hydrogens (tertiary/aromatic N) is 3. The smallest absolute Gasteiger partial charge is 0.413 e. The summed E-state index contributed by atoms with van der Waals surface area (Å²) in [5.41, 5.74) is 0.117. The molecule has 5 rings (SSSR count). The number of amides is 3. The Kier molecular flexibility index (Phi) is 7.15. The maximum absolute atomic E-state index is 16.3. The Balaban J connectivity index is 1.69. The first-order valence-corrected chi connectivity index (χ1v) is 13.0. The topological polar surface area (TPSA) is 152 Å². The van der Waals surface area contributed by atoms with Crippen molar-refractivity contribution in [3.63, 3.8) is 0 Å². The standard InChI is InChI=1S/C28H30FN5O7/c1-13-10-39-11-19(13)34(27(37)38)20-7-15-6-16(17-8-31-25-23(14(17)2)32-21(35)12-40-25)22(29)24(18(15)9-30-20)33-26(36)41-28(3,4)5/h6-9,13,19H,10-12H2,1-5H3,(H,32,35)(H,33,36)(H,37,38)/t13-,19+/m1/s1. The van der Waals surface area contributed by atoms with Crippen LogP contribution >= 0.6 is 0 Å². The monoisotopic (exact) mass is 567 g/mol. The molecular weight excluding hydrogens is 537 g/mol. The highest BCUT2D eigenvalue weighted by molar-refractivity contribution is 6.05. The van der Waals surface area contributed by atoms with Crippen LogP contribution in [0.25, 0.3) is 21.9 Å². The first kappa shape index (κ1) is 28.0. The molecule has 216 valence electrons. The Morgan fingerprint density at radius 3 is 2.61 bits per heavy atom. The summed E-state index contributed by atoms with van der Waals surface area (Å²) in [6.07, 6.45) is 0.631. The summed E-state index contributed by atoms with van der Waals surface area (Å²) in [5, 5.41) is 15.9. The van der Waals surface area contributed by atoms with Gasteiger partial charge in [0.25, 0.3) is 5.91 Å². The highest BCUT2D eigenvalue weighted by Crippen LogP contribution is 2.41. The second kappa shape index (κ2) is 10.5. The Hall–Kier alpha value is -4.52. The van der Waals surface area contributed by atoms with Crippen LogP contribution in [-0.4, -0.2) is 64.6 Å². The zero-order valence-corrected chi connectivity index (χ0v) is 23.2. The molecule has 3 aromatic rings. The van der Waals surface area contributed by atoms with Gasteiger partial charge in [-0.3, -0.25) is 15.0 Å². The number of nitrogens with one attached hydrogen (secondary N) is 2. The number of anilines is 3. The van der Waals surface area contributed by atoms with Gasteiger partial charge < -0.3 is 24.6 Å². The van der Waals surface area contributed by atoms with Crippen molar-refractivity contribution in [2.75, 3.05) is 35.4 Å². The van der Waals surface area contributed by atoms with Gasteiger partial charge in [-0.15, -0.1) is 0 Å². The highest BCUT2D eigenvalue weighted by atomic mass is 19.1. The van der Waals surface area contributed by atoms with Gasteiger partial charge in [-0.2, -0.15) is 0 Å². The lowest BCUT2D eigenvalue weighted by Gasteiger charge is -2.27. The van der Waals surface area contributed by atoms with Gasteiger partial charge in [0.15, 0.2) is 12.4 Å². The summed E-state index contributed by atoms with van der Waals surface area (Å²) < 4.78 is 32.5. The summed E-state index contributed by atoms with van der Waals surface area (Å²) in [4.78, 5) is 46.8. The number of carboxylic acid groups (broad SMARTS) is 1. The molecule has 0 bridgehead atoms. The Bertz CT molecular complexity index is 1570. The van der Waals surface area contributed by atoms with Crippen LogP contribution in [0.2, 0.25) is 0 Å². The zero-order chi connectivity index (χ0) is 29.6. The second-order valence-corrected chi connectivity index (χ2v) is 11.1. The number of pyridine rings is 2. The van der Waals surface area contributed by atoms with Crippen LogP contribution in [0.5, 0.6) is 5.88 Å². The molecule has 2 aliphatic heterocycles. The van der Waals surface area contributed by atoms with Crippen LogP contribution in [0.1, 0.15) is 33.3 Å². The van der Waals surface area contributed by atoms with Crippen molar-refractivity contribution in [1.29, 1.82) is 0 Å². The van der Waals surface area contributed by atoms with Crippen LogP contribution in [0.15, 0.2) is 24.5 Å². The molecule has 0 saturated carbocycles. The molecule has 1 fully saturated rings. The molecule has 2 aliphatic rings. The third-order valence-electron chi connectivity index (χ3n) is 6.88. The minimum atomic E-state index is -1.21. The van der Waals surface area contributed by atoms with Crippen molar-refractivity contribution < 1.29 is 38.1 Å². The number of rotatable bonds is 4. The molecule has 3 N–H and O–H groups in total. The van der Waals surface area contributed by atoms with E-state index in [1.54, 1.807) is 27.7 Å². The lowest BCUT2D eigenvalue weighted by molar-refractivity contribution is -0.118.